The second-order valence-corrected chi connectivity index (χ2v) is 7.56. The lowest BCUT2D eigenvalue weighted by Crippen LogP contribution is -2.26. The molecular weight excluding hydrogens is 296 g/mol. The first-order valence-corrected chi connectivity index (χ1v) is 7.78. The first-order chi connectivity index (χ1) is 10.2. The highest BCUT2D eigenvalue weighted by Gasteiger charge is 2.23. The Labute approximate surface area is 137 Å². The predicted octanol–water partition coefficient (Wildman–Crippen LogP) is 4.78. The summed E-state index contributed by atoms with van der Waals surface area (Å²) in [5.41, 5.74) is 2.21. The van der Waals surface area contributed by atoms with Gasteiger partial charge in [0.05, 0.1) is 6.61 Å². The van der Waals surface area contributed by atoms with Crippen molar-refractivity contribution in [3.63, 3.8) is 0 Å². The first kappa shape index (κ1) is 16.8. The average molecular weight is 319 g/mol. The van der Waals surface area contributed by atoms with E-state index in [1.54, 1.807) is 12.4 Å². The van der Waals surface area contributed by atoms with E-state index in [1.807, 2.05) is 24.3 Å². The molecule has 2 aromatic heterocycles. The van der Waals surface area contributed by atoms with E-state index in [1.165, 1.54) is 5.56 Å². The van der Waals surface area contributed by atoms with Gasteiger partial charge in [-0.05, 0) is 34.7 Å². The summed E-state index contributed by atoms with van der Waals surface area (Å²) in [6.07, 6.45) is 3.52. The topological polar surface area (TPSA) is 35.0 Å². The Hall–Kier alpha value is -1.61. The molecule has 22 heavy (non-hydrogen) atoms. The summed E-state index contributed by atoms with van der Waals surface area (Å²) in [7, 11) is 0. The zero-order valence-electron chi connectivity index (χ0n) is 13.9. The Bertz CT molecular complexity index is 648. The van der Waals surface area contributed by atoms with Crippen molar-refractivity contribution in [2.75, 3.05) is 6.61 Å². The van der Waals surface area contributed by atoms with Crippen LogP contribution in [-0.2, 0) is 10.8 Å². The molecule has 0 spiro atoms. The van der Waals surface area contributed by atoms with Crippen molar-refractivity contribution in [3.8, 4) is 5.88 Å². The van der Waals surface area contributed by atoms with Crippen molar-refractivity contribution in [1.82, 2.24) is 9.97 Å². The zero-order valence-corrected chi connectivity index (χ0v) is 14.6. The monoisotopic (exact) mass is 318 g/mol. The summed E-state index contributed by atoms with van der Waals surface area (Å²) < 4.78 is 5.93. The van der Waals surface area contributed by atoms with Crippen LogP contribution in [0.1, 0.15) is 45.7 Å². The number of ether oxygens (including phenoxy) is 1. The smallest absolute Gasteiger partial charge is 0.213 e. The molecule has 0 aliphatic rings. The second-order valence-electron chi connectivity index (χ2n) is 7.17. The molecule has 0 N–H and O–H groups in total. The minimum absolute atomic E-state index is 0.0786. The highest BCUT2D eigenvalue weighted by Crippen LogP contribution is 2.27. The average Bonchev–Trinajstić information content (AvgIpc) is 2.45. The van der Waals surface area contributed by atoms with Gasteiger partial charge in [0.15, 0.2) is 0 Å². The molecule has 0 aliphatic heterocycles. The number of nitrogens with zero attached hydrogens (tertiary/aromatic N) is 2. The molecule has 0 fully saturated rings. The van der Waals surface area contributed by atoms with Gasteiger partial charge in [0.2, 0.25) is 5.88 Å². The first-order valence-electron chi connectivity index (χ1n) is 7.40. The molecule has 0 saturated heterocycles. The molecular formula is C18H23ClN2O. The van der Waals surface area contributed by atoms with Crippen LogP contribution in [0.15, 0.2) is 36.7 Å². The van der Waals surface area contributed by atoms with Gasteiger partial charge in [0.1, 0.15) is 5.15 Å². The summed E-state index contributed by atoms with van der Waals surface area (Å²) >= 11 is 5.97. The summed E-state index contributed by atoms with van der Waals surface area (Å²) in [6.45, 7) is 11.3. The Kier molecular flexibility index (Phi) is 4.76. The fraction of sp³-hybridized carbons (Fsp3) is 0.444. The van der Waals surface area contributed by atoms with Crippen LogP contribution in [0.3, 0.4) is 0 Å². The molecule has 2 aromatic rings. The van der Waals surface area contributed by atoms with Crippen LogP contribution >= 0.6 is 11.6 Å². The van der Waals surface area contributed by atoms with Gasteiger partial charge in [0, 0.05) is 23.9 Å². The summed E-state index contributed by atoms with van der Waals surface area (Å²) in [5.74, 6) is 0.653. The lowest BCUT2D eigenvalue weighted by molar-refractivity contribution is 0.232. The third kappa shape index (κ3) is 4.20. The molecule has 3 nitrogen and oxygen atoms in total. The summed E-state index contributed by atoms with van der Waals surface area (Å²) in [5, 5.41) is 0.499. The van der Waals surface area contributed by atoms with E-state index in [0.717, 1.165) is 5.56 Å². The fourth-order valence-electron chi connectivity index (χ4n) is 2.12. The van der Waals surface area contributed by atoms with Crippen molar-refractivity contribution in [1.29, 1.82) is 0 Å². The van der Waals surface area contributed by atoms with Gasteiger partial charge in [-0.2, -0.15) is 0 Å². The van der Waals surface area contributed by atoms with Gasteiger partial charge < -0.3 is 4.74 Å². The maximum absolute atomic E-state index is 5.97. The molecule has 2 rings (SSSR count). The minimum atomic E-state index is -0.175. The van der Waals surface area contributed by atoms with Crippen molar-refractivity contribution in [3.05, 3.63) is 52.9 Å². The molecule has 0 amide bonds. The van der Waals surface area contributed by atoms with Gasteiger partial charge >= 0.3 is 0 Å². The van der Waals surface area contributed by atoms with E-state index < -0.39 is 0 Å². The molecule has 2 heterocycles. The quantitative estimate of drug-likeness (QED) is 0.761. The third-order valence-electron chi connectivity index (χ3n) is 3.69. The molecule has 0 aliphatic carbocycles. The van der Waals surface area contributed by atoms with E-state index >= 15 is 0 Å². The van der Waals surface area contributed by atoms with Gasteiger partial charge in [-0.15, -0.1) is 0 Å². The lowest BCUT2D eigenvalue weighted by Gasteiger charge is -2.25. The van der Waals surface area contributed by atoms with Crippen LogP contribution in [0.2, 0.25) is 5.15 Å². The van der Waals surface area contributed by atoms with Crippen molar-refractivity contribution >= 4 is 11.6 Å². The third-order valence-corrected chi connectivity index (χ3v) is 3.90. The number of hydrogen-bond donors (Lipinski definition) is 0. The second kappa shape index (κ2) is 6.25. The van der Waals surface area contributed by atoms with Gasteiger partial charge in [-0.1, -0.05) is 46.2 Å². The van der Waals surface area contributed by atoms with E-state index in [4.69, 9.17) is 16.3 Å². The Morgan fingerprint density at radius 1 is 0.955 bits per heavy atom. The normalized spacial score (nSPS) is 12.3. The van der Waals surface area contributed by atoms with Crippen molar-refractivity contribution < 1.29 is 4.74 Å². The molecule has 0 aromatic carbocycles. The maximum atomic E-state index is 5.97. The molecule has 0 radical (unpaired) electrons. The van der Waals surface area contributed by atoms with Crippen LogP contribution in [0, 0.1) is 0 Å². The predicted molar refractivity (Wildman–Crippen MR) is 90.7 cm³/mol. The van der Waals surface area contributed by atoms with Gasteiger partial charge in [-0.3, -0.25) is 0 Å². The van der Waals surface area contributed by atoms with Gasteiger partial charge in [-0.25, -0.2) is 9.97 Å². The van der Waals surface area contributed by atoms with E-state index in [2.05, 4.69) is 44.6 Å². The standard InChI is InChI=1S/C18H23ClN2O/c1-17(2,3)13-6-9-21-16(11-13)22-12-18(4,5)14-7-8-20-15(19)10-14/h6-11H,12H2,1-5H3. The number of aromatic nitrogens is 2. The van der Waals surface area contributed by atoms with E-state index in [0.29, 0.717) is 17.6 Å². The molecule has 0 saturated carbocycles. The highest BCUT2D eigenvalue weighted by molar-refractivity contribution is 6.29. The Morgan fingerprint density at radius 2 is 1.59 bits per heavy atom. The van der Waals surface area contributed by atoms with Crippen molar-refractivity contribution in [2.24, 2.45) is 0 Å². The Morgan fingerprint density at radius 3 is 2.23 bits per heavy atom. The van der Waals surface area contributed by atoms with Gasteiger partial charge in [0.25, 0.3) is 0 Å². The van der Waals surface area contributed by atoms with E-state index in [9.17, 15) is 0 Å². The van der Waals surface area contributed by atoms with Crippen LogP contribution in [0.5, 0.6) is 5.88 Å². The number of pyridine rings is 2. The number of halogens is 1. The van der Waals surface area contributed by atoms with Crippen LogP contribution < -0.4 is 4.74 Å². The zero-order chi connectivity index (χ0) is 16.4. The fourth-order valence-corrected chi connectivity index (χ4v) is 2.29. The van der Waals surface area contributed by atoms with Crippen molar-refractivity contribution in [2.45, 2.75) is 45.4 Å². The van der Waals surface area contributed by atoms with Crippen LogP contribution in [0.25, 0.3) is 0 Å². The molecule has 4 heteroatoms. The maximum Gasteiger partial charge on any atom is 0.213 e. The molecule has 118 valence electrons. The molecule has 0 unspecified atom stereocenters. The number of hydrogen-bond acceptors (Lipinski definition) is 3. The largest absolute Gasteiger partial charge is 0.477 e. The molecule has 0 bridgehead atoms. The molecule has 0 atom stereocenters. The SMILES string of the molecule is CC(C)(C)c1ccnc(OCC(C)(C)c2ccnc(Cl)c2)c1. The highest BCUT2D eigenvalue weighted by atomic mass is 35.5. The summed E-state index contributed by atoms with van der Waals surface area (Å²) in [6, 6.07) is 7.88. The van der Waals surface area contributed by atoms with E-state index in [-0.39, 0.29) is 10.8 Å². The lowest BCUT2D eigenvalue weighted by atomic mass is 9.86. The Balaban J connectivity index is 2.12. The number of rotatable bonds is 4. The van der Waals surface area contributed by atoms with Crippen LogP contribution in [-0.4, -0.2) is 16.6 Å². The minimum Gasteiger partial charge on any atom is -0.477 e. The van der Waals surface area contributed by atoms with Crippen LogP contribution in [0.4, 0.5) is 0 Å². The summed E-state index contributed by atoms with van der Waals surface area (Å²) in [4.78, 5) is 8.33.